The number of allylic oxidation sites excluding steroid dienone is 2. The molecule has 8 heteroatoms. The second-order valence-corrected chi connectivity index (χ2v) is 9.84. The number of nitrogens with zero attached hydrogens (tertiary/aromatic N) is 3. The molecule has 1 aromatic heterocycles. The van der Waals surface area contributed by atoms with Crippen LogP contribution >= 0.6 is 11.6 Å². The number of carbonyl (C=O) groups excluding carboxylic acids is 2. The lowest BCUT2D eigenvalue weighted by atomic mass is 9.81. The third kappa shape index (κ3) is 3.98. The van der Waals surface area contributed by atoms with Crippen molar-refractivity contribution in [1.82, 2.24) is 20.2 Å². The summed E-state index contributed by atoms with van der Waals surface area (Å²) in [6.07, 6.45) is 14.2. The van der Waals surface area contributed by atoms with E-state index < -0.39 is 0 Å². The molecule has 31 heavy (non-hydrogen) atoms. The molecule has 4 atom stereocenters. The minimum absolute atomic E-state index is 0.0248. The van der Waals surface area contributed by atoms with Gasteiger partial charge in [0.2, 0.25) is 17.1 Å². The standard InChI is InChI=1S/C23H30ClN5O2/c24-22-26-13-15(14-27-22)28-21(31)19-17-6-5-16(23(17)7-8-23)18(19)20(30)25-9-1-2-10-29-11-3-4-12-29/h5-6,13-14,16-19H,1-4,7-12H2,(H,25,30)(H,28,31)/t16-,17+,18-,19-/m1/s1. The van der Waals surface area contributed by atoms with Crippen molar-refractivity contribution in [3.8, 4) is 0 Å². The predicted molar refractivity (Wildman–Crippen MR) is 118 cm³/mol. The van der Waals surface area contributed by atoms with E-state index in [1.165, 1.54) is 38.3 Å². The van der Waals surface area contributed by atoms with Crippen LogP contribution in [0.2, 0.25) is 5.28 Å². The minimum atomic E-state index is -0.349. The zero-order chi connectivity index (χ0) is 21.4. The topological polar surface area (TPSA) is 87.2 Å². The summed E-state index contributed by atoms with van der Waals surface area (Å²) in [4.78, 5) is 36.8. The molecule has 0 unspecified atom stereocenters. The number of halogens is 1. The Labute approximate surface area is 188 Å². The fraction of sp³-hybridized carbons (Fsp3) is 0.652. The first-order valence-corrected chi connectivity index (χ1v) is 11.9. The molecule has 166 valence electrons. The van der Waals surface area contributed by atoms with Crippen LogP contribution in [0.3, 0.4) is 0 Å². The van der Waals surface area contributed by atoms with Gasteiger partial charge in [-0.2, -0.15) is 0 Å². The monoisotopic (exact) mass is 443 g/mol. The lowest BCUT2D eigenvalue weighted by molar-refractivity contribution is -0.132. The Bertz CT molecular complexity index is 863. The number of unbranched alkanes of at least 4 members (excludes halogenated alkanes) is 1. The Morgan fingerprint density at radius 2 is 1.68 bits per heavy atom. The summed E-state index contributed by atoms with van der Waals surface area (Å²) >= 11 is 5.75. The Hall–Kier alpha value is -1.99. The van der Waals surface area contributed by atoms with E-state index in [9.17, 15) is 9.59 Å². The predicted octanol–water partition coefficient (Wildman–Crippen LogP) is 2.89. The average molecular weight is 444 g/mol. The van der Waals surface area contributed by atoms with Crippen LogP contribution in [-0.4, -0.2) is 52.9 Å². The van der Waals surface area contributed by atoms with E-state index in [1.54, 1.807) is 0 Å². The molecule has 3 aliphatic carbocycles. The van der Waals surface area contributed by atoms with Gasteiger partial charge in [0, 0.05) is 6.54 Å². The summed E-state index contributed by atoms with van der Waals surface area (Å²) in [6.45, 7) is 4.21. The number of aromatic nitrogens is 2. The minimum Gasteiger partial charge on any atom is -0.356 e. The summed E-state index contributed by atoms with van der Waals surface area (Å²) in [7, 11) is 0. The van der Waals surface area contributed by atoms with Crippen molar-refractivity contribution >= 4 is 29.1 Å². The van der Waals surface area contributed by atoms with Crippen LogP contribution in [0.1, 0.15) is 38.5 Å². The van der Waals surface area contributed by atoms with Gasteiger partial charge in [-0.25, -0.2) is 9.97 Å². The van der Waals surface area contributed by atoms with Gasteiger partial charge in [0.25, 0.3) is 0 Å². The molecule has 1 spiro atoms. The summed E-state index contributed by atoms with van der Waals surface area (Å²) in [5.74, 6) is -0.446. The van der Waals surface area contributed by atoms with Crippen LogP contribution in [-0.2, 0) is 9.59 Å². The molecule has 2 heterocycles. The number of anilines is 1. The van der Waals surface area contributed by atoms with Gasteiger partial charge in [0.1, 0.15) is 0 Å². The molecular weight excluding hydrogens is 414 g/mol. The Kier molecular flexibility index (Phi) is 5.73. The van der Waals surface area contributed by atoms with Gasteiger partial charge in [-0.05, 0) is 87.0 Å². The van der Waals surface area contributed by atoms with Crippen LogP contribution in [0.4, 0.5) is 5.69 Å². The summed E-state index contributed by atoms with van der Waals surface area (Å²) in [5.41, 5.74) is 0.628. The smallest absolute Gasteiger partial charge is 0.229 e. The SMILES string of the molecule is O=C(NCCCCN1CCCC1)[C@H]1[C@H](C(=O)Nc2cnc(Cl)nc2)[C@@H]2C=C[C@H]1C21CC1. The van der Waals surface area contributed by atoms with Crippen LogP contribution < -0.4 is 10.6 Å². The maximum atomic E-state index is 13.2. The second-order valence-electron chi connectivity index (χ2n) is 9.50. The fourth-order valence-corrected chi connectivity index (χ4v) is 6.21. The van der Waals surface area contributed by atoms with Crippen LogP contribution in [0.15, 0.2) is 24.5 Å². The molecule has 1 saturated heterocycles. The first kappa shape index (κ1) is 20.9. The Morgan fingerprint density at radius 3 is 2.32 bits per heavy atom. The highest BCUT2D eigenvalue weighted by Gasteiger charge is 2.69. The van der Waals surface area contributed by atoms with Crippen LogP contribution in [0, 0.1) is 29.1 Å². The second kappa shape index (κ2) is 8.51. The average Bonchev–Trinajstić information content (AvgIpc) is 3.12. The van der Waals surface area contributed by atoms with Gasteiger partial charge in [0.15, 0.2) is 0 Å². The molecule has 2 N–H and O–H groups in total. The third-order valence-electron chi connectivity index (χ3n) is 7.73. The number of amides is 2. The lowest BCUT2D eigenvalue weighted by Gasteiger charge is -2.26. The van der Waals surface area contributed by atoms with Crippen molar-refractivity contribution in [3.05, 3.63) is 29.8 Å². The van der Waals surface area contributed by atoms with Gasteiger partial charge in [-0.15, -0.1) is 0 Å². The number of nitrogens with one attached hydrogen (secondary N) is 2. The largest absolute Gasteiger partial charge is 0.356 e. The number of carbonyl (C=O) groups is 2. The molecule has 2 bridgehead atoms. The van der Waals surface area contributed by atoms with Crippen molar-refractivity contribution in [2.75, 3.05) is 31.5 Å². The Balaban J connectivity index is 1.20. The van der Waals surface area contributed by atoms with Crippen LogP contribution in [0.5, 0.6) is 0 Å². The number of likely N-dealkylation sites (tertiary alicyclic amines) is 1. The molecule has 4 aliphatic rings. The van der Waals surface area contributed by atoms with E-state index in [0.717, 1.165) is 32.2 Å². The fourth-order valence-electron chi connectivity index (χ4n) is 6.11. The molecular formula is C23H30ClN5O2. The van der Waals surface area contributed by atoms with Gasteiger partial charge < -0.3 is 15.5 Å². The normalized spacial score (nSPS) is 30.1. The molecule has 0 radical (unpaired) electrons. The first-order valence-electron chi connectivity index (χ1n) is 11.6. The quantitative estimate of drug-likeness (QED) is 0.366. The maximum absolute atomic E-state index is 13.2. The molecule has 0 aromatic carbocycles. The summed E-state index contributed by atoms with van der Waals surface area (Å²) in [5, 5.41) is 6.19. The molecule has 1 aromatic rings. The lowest BCUT2D eigenvalue weighted by Crippen LogP contribution is -2.42. The third-order valence-corrected chi connectivity index (χ3v) is 7.93. The van der Waals surface area contributed by atoms with Gasteiger partial charge in [0.05, 0.1) is 29.9 Å². The molecule has 7 nitrogen and oxygen atoms in total. The van der Waals surface area contributed by atoms with Crippen molar-refractivity contribution in [1.29, 1.82) is 0 Å². The molecule has 2 saturated carbocycles. The van der Waals surface area contributed by atoms with Gasteiger partial charge in [-0.3, -0.25) is 9.59 Å². The van der Waals surface area contributed by atoms with E-state index >= 15 is 0 Å². The number of hydrogen-bond acceptors (Lipinski definition) is 5. The van der Waals surface area contributed by atoms with E-state index in [2.05, 4.69) is 37.7 Å². The van der Waals surface area contributed by atoms with Crippen LogP contribution in [0.25, 0.3) is 0 Å². The van der Waals surface area contributed by atoms with Gasteiger partial charge in [-0.1, -0.05) is 12.2 Å². The Morgan fingerprint density at radius 1 is 1.03 bits per heavy atom. The molecule has 2 amide bonds. The van der Waals surface area contributed by atoms with E-state index in [0.29, 0.717) is 12.2 Å². The van der Waals surface area contributed by atoms with E-state index in [-0.39, 0.29) is 46.2 Å². The molecule has 5 rings (SSSR count). The van der Waals surface area contributed by atoms with Gasteiger partial charge >= 0.3 is 0 Å². The highest BCUT2D eigenvalue weighted by molar-refractivity contribution is 6.28. The highest BCUT2D eigenvalue weighted by Crippen LogP contribution is 2.72. The zero-order valence-electron chi connectivity index (χ0n) is 17.7. The van der Waals surface area contributed by atoms with E-state index in [1.807, 2.05) is 0 Å². The van der Waals surface area contributed by atoms with E-state index in [4.69, 9.17) is 11.6 Å². The summed E-state index contributed by atoms with van der Waals surface area (Å²) < 4.78 is 0. The van der Waals surface area contributed by atoms with Crippen molar-refractivity contribution in [2.24, 2.45) is 29.1 Å². The number of rotatable bonds is 8. The van der Waals surface area contributed by atoms with Crippen molar-refractivity contribution in [2.45, 2.75) is 38.5 Å². The zero-order valence-corrected chi connectivity index (χ0v) is 18.5. The molecule has 1 aliphatic heterocycles. The first-order chi connectivity index (χ1) is 15.1. The molecule has 3 fully saturated rings. The number of hydrogen-bond donors (Lipinski definition) is 2. The highest BCUT2D eigenvalue weighted by atomic mass is 35.5. The van der Waals surface area contributed by atoms with Crippen molar-refractivity contribution < 1.29 is 9.59 Å². The van der Waals surface area contributed by atoms with Crippen molar-refractivity contribution in [3.63, 3.8) is 0 Å². The maximum Gasteiger partial charge on any atom is 0.229 e. The summed E-state index contributed by atoms with van der Waals surface area (Å²) in [6, 6.07) is 0.